The first-order valence-electron chi connectivity index (χ1n) is 7.51. The summed E-state index contributed by atoms with van der Waals surface area (Å²) in [5, 5.41) is 3.94. The minimum atomic E-state index is -0.334. The third kappa shape index (κ3) is 2.64. The maximum Gasteiger partial charge on any atom is 0.232 e. The van der Waals surface area contributed by atoms with Crippen molar-refractivity contribution in [1.29, 1.82) is 0 Å². The summed E-state index contributed by atoms with van der Waals surface area (Å²) in [6.45, 7) is 0.425. The molecule has 0 unspecified atom stereocenters. The Balaban J connectivity index is 1.55. The Kier molecular flexibility index (Phi) is 3.53. The molecule has 2 aromatic heterocycles. The first-order chi connectivity index (χ1) is 11.7. The van der Waals surface area contributed by atoms with E-state index in [1.54, 1.807) is 35.4 Å². The van der Waals surface area contributed by atoms with E-state index in [1.807, 2.05) is 6.07 Å². The van der Waals surface area contributed by atoms with E-state index < -0.39 is 0 Å². The van der Waals surface area contributed by atoms with E-state index in [0.717, 1.165) is 0 Å². The van der Waals surface area contributed by atoms with Crippen molar-refractivity contribution in [3.05, 3.63) is 60.4 Å². The van der Waals surface area contributed by atoms with Crippen molar-refractivity contribution in [2.45, 2.75) is 12.3 Å². The van der Waals surface area contributed by atoms with Crippen molar-refractivity contribution in [3.8, 4) is 11.5 Å². The zero-order chi connectivity index (χ0) is 16.5. The van der Waals surface area contributed by atoms with Gasteiger partial charge in [0, 0.05) is 24.8 Å². The van der Waals surface area contributed by atoms with Gasteiger partial charge in [-0.15, -0.1) is 0 Å². The number of aromatic nitrogens is 3. The molecule has 1 fully saturated rings. The molecule has 4 rings (SSSR count). The number of rotatable bonds is 3. The van der Waals surface area contributed by atoms with Gasteiger partial charge >= 0.3 is 0 Å². The molecule has 1 aliphatic rings. The largest absolute Gasteiger partial charge is 0.339 e. The van der Waals surface area contributed by atoms with Gasteiger partial charge in [0.15, 0.2) is 0 Å². The molecule has 1 saturated heterocycles. The monoisotopic (exact) mass is 324 g/mol. The van der Waals surface area contributed by atoms with Gasteiger partial charge in [0.25, 0.3) is 0 Å². The molecule has 0 N–H and O–H groups in total. The quantitative estimate of drug-likeness (QED) is 0.741. The van der Waals surface area contributed by atoms with Gasteiger partial charge < -0.3 is 9.42 Å². The lowest BCUT2D eigenvalue weighted by atomic mass is 10.1. The Morgan fingerprint density at radius 3 is 2.75 bits per heavy atom. The third-order valence-corrected chi connectivity index (χ3v) is 3.95. The third-order valence-electron chi connectivity index (χ3n) is 3.95. The molecule has 0 bridgehead atoms. The first-order valence-corrected chi connectivity index (χ1v) is 7.51. The lowest BCUT2D eigenvalue weighted by molar-refractivity contribution is -0.117. The summed E-state index contributed by atoms with van der Waals surface area (Å²) in [5.74, 6) is 0.238. The molecule has 1 amide bonds. The summed E-state index contributed by atoms with van der Waals surface area (Å²) < 4.78 is 18.3. The highest BCUT2D eigenvalue weighted by Crippen LogP contribution is 2.31. The number of pyridine rings is 1. The number of hydrogen-bond acceptors (Lipinski definition) is 5. The molecule has 3 heterocycles. The number of carbonyl (C=O) groups excluding carboxylic acids is 1. The molecular weight excluding hydrogens is 311 g/mol. The van der Waals surface area contributed by atoms with Crippen LogP contribution in [-0.4, -0.2) is 27.6 Å². The molecule has 6 nitrogen and oxygen atoms in total. The SMILES string of the molecule is O=C1C[C@@H](c2nc(-c3ccccn3)no2)CN1c1ccc(F)cc1. The number of halogens is 1. The van der Waals surface area contributed by atoms with Gasteiger partial charge in [-0.3, -0.25) is 9.78 Å². The van der Waals surface area contributed by atoms with Crippen LogP contribution in [0.1, 0.15) is 18.2 Å². The van der Waals surface area contributed by atoms with E-state index >= 15 is 0 Å². The van der Waals surface area contributed by atoms with Gasteiger partial charge in [-0.1, -0.05) is 11.2 Å². The van der Waals surface area contributed by atoms with Crippen LogP contribution in [0.25, 0.3) is 11.5 Å². The van der Waals surface area contributed by atoms with Crippen molar-refractivity contribution < 1.29 is 13.7 Å². The van der Waals surface area contributed by atoms with Crippen LogP contribution < -0.4 is 4.90 Å². The van der Waals surface area contributed by atoms with Crippen LogP contribution in [0.15, 0.2) is 53.2 Å². The summed E-state index contributed by atoms with van der Waals surface area (Å²) in [5.41, 5.74) is 1.28. The van der Waals surface area contributed by atoms with Gasteiger partial charge in [0.05, 0.1) is 5.92 Å². The van der Waals surface area contributed by atoms with Gasteiger partial charge in [-0.05, 0) is 36.4 Å². The molecule has 7 heteroatoms. The lowest BCUT2D eigenvalue weighted by Gasteiger charge is -2.15. The average Bonchev–Trinajstić information content (AvgIpc) is 3.23. The Morgan fingerprint density at radius 2 is 2.00 bits per heavy atom. The second-order valence-corrected chi connectivity index (χ2v) is 5.55. The number of anilines is 1. The Labute approximate surface area is 136 Å². The van der Waals surface area contributed by atoms with Gasteiger partial charge in [-0.25, -0.2) is 4.39 Å². The Bertz CT molecular complexity index is 864. The molecule has 0 radical (unpaired) electrons. The zero-order valence-corrected chi connectivity index (χ0v) is 12.6. The lowest BCUT2D eigenvalue weighted by Crippen LogP contribution is -2.24. The summed E-state index contributed by atoms with van der Waals surface area (Å²) in [6.07, 6.45) is 1.93. The number of nitrogens with zero attached hydrogens (tertiary/aromatic N) is 4. The topological polar surface area (TPSA) is 72.1 Å². The van der Waals surface area contributed by atoms with E-state index in [4.69, 9.17) is 4.52 Å². The fourth-order valence-electron chi connectivity index (χ4n) is 2.74. The molecule has 1 aromatic carbocycles. The molecular formula is C17H13FN4O2. The minimum absolute atomic E-state index is 0.0517. The van der Waals surface area contributed by atoms with E-state index in [-0.39, 0.29) is 24.1 Å². The van der Waals surface area contributed by atoms with Crippen LogP contribution >= 0.6 is 0 Å². The first kappa shape index (κ1) is 14.5. The Hall–Kier alpha value is -3.09. The summed E-state index contributed by atoms with van der Waals surface area (Å²) in [4.78, 5) is 22.4. The van der Waals surface area contributed by atoms with E-state index in [2.05, 4.69) is 15.1 Å². The summed E-state index contributed by atoms with van der Waals surface area (Å²) >= 11 is 0. The molecule has 120 valence electrons. The normalized spacial score (nSPS) is 17.5. The second-order valence-electron chi connectivity index (χ2n) is 5.55. The van der Waals surface area contributed by atoms with Crippen molar-refractivity contribution in [2.24, 2.45) is 0 Å². The summed E-state index contributed by atoms with van der Waals surface area (Å²) in [6, 6.07) is 11.3. The van der Waals surface area contributed by atoms with E-state index in [9.17, 15) is 9.18 Å². The fourth-order valence-corrected chi connectivity index (χ4v) is 2.74. The molecule has 1 atom stereocenters. The predicted molar refractivity (Wildman–Crippen MR) is 83.6 cm³/mol. The average molecular weight is 324 g/mol. The number of benzene rings is 1. The van der Waals surface area contributed by atoms with Crippen LogP contribution in [0.4, 0.5) is 10.1 Å². The number of hydrogen-bond donors (Lipinski definition) is 0. The summed E-state index contributed by atoms with van der Waals surface area (Å²) in [7, 11) is 0. The van der Waals surface area contributed by atoms with Gasteiger partial charge in [0.2, 0.25) is 17.6 Å². The number of amides is 1. The van der Waals surface area contributed by atoms with Crippen molar-refractivity contribution >= 4 is 11.6 Å². The fraction of sp³-hybridized carbons (Fsp3) is 0.176. The number of carbonyl (C=O) groups is 1. The van der Waals surface area contributed by atoms with Crippen LogP contribution in [0.5, 0.6) is 0 Å². The highest BCUT2D eigenvalue weighted by Gasteiger charge is 2.35. The second kappa shape index (κ2) is 5.84. The van der Waals surface area contributed by atoms with Crippen LogP contribution in [0.3, 0.4) is 0 Å². The van der Waals surface area contributed by atoms with Crippen LogP contribution in [0, 0.1) is 5.82 Å². The van der Waals surface area contributed by atoms with Crippen molar-refractivity contribution in [3.63, 3.8) is 0 Å². The highest BCUT2D eigenvalue weighted by molar-refractivity contribution is 5.96. The molecule has 0 saturated carbocycles. The molecule has 24 heavy (non-hydrogen) atoms. The maximum atomic E-state index is 13.0. The standard InChI is InChI=1S/C17H13FN4O2/c18-12-4-6-13(7-5-12)22-10-11(9-15(22)23)17-20-16(21-24-17)14-3-1-2-8-19-14/h1-8,11H,9-10H2/t11-/m1/s1. The molecule has 0 aliphatic carbocycles. The zero-order valence-electron chi connectivity index (χ0n) is 12.6. The minimum Gasteiger partial charge on any atom is -0.339 e. The van der Waals surface area contributed by atoms with E-state index in [0.29, 0.717) is 29.6 Å². The van der Waals surface area contributed by atoms with E-state index in [1.165, 1.54) is 12.1 Å². The van der Waals surface area contributed by atoms with Gasteiger partial charge in [0.1, 0.15) is 11.5 Å². The Morgan fingerprint density at radius 1 is 1.17 bits per heavy atom. The smallest absolute Gasteiger partial charge is 0.232 e. The molecule has 1 aliphatic heterocycles. The van der Waals surface area contributed by atoms with Crippen LogP contribution in [-0.2, 0) is 4.79 Å². The van der Waals surface area contributed by atoms with Gasteiger partial charge in [-0.2, -0.15) is 4.98 Å². The molecule has 3 aromatic rings. The highest BCUT2D eigenvalue weighted by atomic mass is 19.1. The molecule has 0 spiro atoms. The van der Waals surface area contributed by atoms with Crippen molar-refractivity contribution in [2.75, 3.05) is 11.4 Å². The maximum absolute atomic E-state index is 13.0. The predicted octanol–water partition coefficient (Wildman–Crippen LogP) is 2.79. The van der Waals surface area contributed by atoms with Crippen LogP contribution in [0.2, 0.25) is 0 Å². The van der Waals surface area contributed by atoms with Crippen molar-refractivity contribution in [1.82, 2.24) is 15.1 Å².